The lowest BCUT2D eigenvalue weighted by Crippen LogP contribution is -2.13. The molecule has 6 heteroatoms. The lowest BCUT2D eigenvalue weighted by atomic mass is 9.96. The molecule has 15 aromatic rings. The summed E-state index contributed by atoms with van der Waals surface area (Å²) in [6.45, 7) is 0. The number of rotatable bonds is 8. The zero-order chi connectivity index (χ0) is 47.3. The Morgan fingerprint density at radius 3 is 1.11 bits per heavy atom. The van der Waals surface area contributed by atoms with Crippen molar-refractivity contribution in [2.24, 2.45) is 0 Å². The maximum Gasteiger partial charge on any atom is 0.137 e. The number of fused-ring (bicyclic) bond motifs is 12. The Morgan fingerprint density at radius 1 is 0.208 bits per heavy atom. The quantitative estimate of drug-likeness (QED) is 0.151. The monoisotopic (exact) mass is 924 g/mol. The summed E-state index contributed by atoms with van der Waals surface area (Å²) in [5.41, 5.74) is 17.0. The first kappa shape index (κ1) is 40.1. The molecule has 0 aliphatic rings. The number of benzene rings is 11. The summed E-state index contributed by atoms with van der Waals surface area (Å²) in [7, 11) is 0. The molecular formula is C66H40N2O4. The molecule has 0 aliphatic heterocycles. The number of hydrogen-bond acceptors (Lipinski definition) is 6. The average Bonchev–Trinajstić information content (AvgIpc) is 4.21. The maximum atomic E-state index is 6.54. The molecule has 0 spiro atoms. The minimum absolute atomic E-state index is 0.814. The van der Waals surface area contributed by atoms with Crippen LogP contribution in [0.4, 0.5) is 34.1 Å². The Balaban J connectivity index is 0.946. The van der Waals surface area contributed by atoms with Gasteiger partial charge in [-0.3, -0.25) is 0 Å². The van der Waals surface area contributed by atoms with E-state index >= 15 is 0 Å². The van der Waals surface area contributed by atoms with E-state index in [0.29, 0.717) is 0 Å². The molecule has 0 atom stereocenters. The normalized spacial score (nSPS) is 11.9. The molecule has 6 nitrogen and oxygen atoms in total. The molecule has 72 heavy (non-hydrogen) atoms. The van der Waals surface area contributed by atoms with Crippen molar-refractivity contribution in [3.63, 3.8) is 0 Å². The highest BCUT2D eigenvalue weighted by Gasteiger charge is 2.24. The molecular weight excluding hydrogens is 885 g/mol. The number of para-hydroxylation sites is 5. The van der Waals surface area contributed by atoms with Gasteiger partial charge in [-0.25, -0.2) is 0 Å². The van der Waals surface area contributed by atoms with Gasteiger partial charge in [0.25, 0.3) is 0 Å². The van der Waals surface area contributed by atoms with Crippen LogP contribution in [-0.4, -0.2) is 0 Å². The molecule has 0 aliphatic carbocycles. The highest BCUT2D eigenvalue weighted by atomic mass is 16.3. The second-order valence-electron chi connectivity index (χ2n) is 18.4. The van der Waals surface area contributed by atoms with E-state index in [2.05, 4.69) is 204 Å². The van der Waals surface area contributed by atoms with Gasteiger partial charge in [-0.1, -0.05) is 121 Å². The summed E-state index contributed by atoms with van der Waals surface area (Å²) >= 11 is 0. The summed E-state index contributed by atoms with van der Waals surface area (Å²) in [5.74, 6) is 0. The van der Waals surface area contributed by atoms with Gasteiger partial charge < -0.3 is 27.5 Å². The third-order valence-electron chi connectivity index (χ3n) is 14.3. The van der Waals surface area contributed by atoms with E-state index in [-0.39, 0.29) is 0 Å². The molecule has 15 rings (SSSR count). The molecule has 4 aromatic heterocycles. The minimum Gasteiger partial charge on any atom is -0.456 e. The lowest BCUT2D eigenvalue weighted by Gasteiger charge is -2.30. The van der Waals surface area contributed by atoms with Crippen LogP contribution >= 0.6 is 0 Å². The molecule has 0 radical (unpaired) electrons. The van der Waals surface area contributed by atoms with Crippen LogP contribution in [0.5, 0.6) is 0 Å². The van der Waals surface area contributed by atoms with Crippen molar-refractivity contribution < 1.29 is 17.7 Å². The molecule has 0 amide bonds. The van der Waals surface area contributed by atoms with E-state index in [1.807, 2.05) is 48.5 Å². The predicted octanol–water partition coefficient (Wildman–Crippen LogP) is 19.6. The van der Waals surface area contributed by atoms with E-state index in [1.54, 1.807) is 0 Å². The summed E-state index contributed by atoms with van der Waals surface area (Å²) in [4.78, 5) is 4.64. The van der Waals surface area contributed by atoms with Crippen LogP contribution < -0.4 is 9.80 Å². The highest BCUT2D eigenvalue weighted by Crippen LogP contribution is 2.48. The zero-order valence-electron chi connectivity index (χ0n) is 38.6. The van der Waals surface area contributed by atoms with Gasteiger partial charge in [0, 0.05) is 95.3 Å². The molecule has 0 unspecified atom stereocenters. The van der Waals surface area contributed by atoms with Crippen LogP contribution in [-0.2, 0) is 0 Å². The Kier molecular flexibility index (Phi) is 8.86. The van der Waals surface area contributed by atoms with Crippen LogP contribution in [0.3, 0.4) is 0 Å². The summed E-state index contributed by atoms with van der Waals surface area (Å²) in [6.07, 6.45) is 0. The molecule has 338 valence electrons. The second-order valence-corrected chi connectivity index (χ2v) is 18.4. The predicted molar refractivity (Wildman–Crippen MR) is 296 cm³/mol. The Bertz CT molecular complexity index is 4480. The van der Waals surface area contributed by atoms with Gasteiger partial charge >= 0.3 is 0 Å². The molecule has 4 heterocycles. The van der Waals surface area contributed by atoms with E-state index in [1.165, 1.54) is 0 Å². The van der Waals surface area contributed by atoms with Gasteiger partial charge in [-0.2, -0.15) is 0 Å². The van der Waals surface area contributed by atoms with Crippen LogP contribution in [0.2, 0.25) is 0 Å². The summed E-state index contributed by atoms with van der Waals surface area (Å²) in [6, 6.07) is 85.2. The zero-order valence-corrected chi connectivity index (χ0v) is 38.6. The first-order chi connectivity index (χ1) is 35.6. The molecule has 0 N–H and O–H groups in total. The first-order valence-electron chi connectivity index (χ1n) is 24.2. The van der Waals surface area contributed by atoms with Gasteiger partial charge in [0.05, 0.1) is 5.69 Å². The van der Waals surface area contributed by atoms with Crippen molar-refractivity contribution in [1.29, 1.82) is 0 Å². The standard InChI is InChI=1S/C66H40N2O4/c1-2-12-44(13-3-1)68(48-29-33-55-51-16-6-10-20-61(51)72-66(55)40-48)58-34-30-45(37-56(58)42-24-22-41(23-25-42)43-26-35-63-57(36-43)52-17-7-11-21-62(52)69-63)67(46-27-31-53-49-14-4-8-18-59(49)70-64(53)38-46)47-28-32-54-50-15-5-9-19-60(50)71-65(54)39-47/h1-40H. The summed E-state index contributed by atoms with van der Waals surface area (Å²) in [5, 5.41) is 8.69. The fraction of sp³-hybridized carbons (Fsp3) is 0. The van der Waals surface area contributed by atoms with E-state index in [9.17, 15) is 0 Å². The van der Waals surface area contributed by atoms with E-state index in [0.717, 1.165) is 144 Å². The second kappa shape index (κ2) is 15.9. The van der Waals surface area contributed by atoms with Crippen molar-refractivity contribution in [3.05, 3.63) is 243 Å². The van der Waals surface area contributed by atoms with E-state index < -0.39 is 0 Å². The Hall–Kier alpha value is -9.78. The number of nitrogens with zero attached hydrogens (tertiary/aromatic N) is 2. The van der Waals surface area contributed by atoms with Crippen LogP contribution in [0.25, 0.3) is 110 Å². The van der Waals surface area contributed by atoms with Crippen LogP contribution in [0.15, 0.2) is 260 Å². The third-order valence-corrected chi connectivity index (χ3v) is 14.3. The fourth-order valence-corrected chi connectivity index (χ4v) is 10.8. The van der Waals surface area contributed by atoms with Crippen molar-refractivity contribution in [1.82, 2.24) is 0 Å². The molecule has 0 saturated carbocycles. The highest BCUT2D eigenvalue weighted by molar-refractivity contribution is 6.10. The molecule has 0 bridgehead atoms. The first-order valence-corrected chi connectivity index (χ1v) is 24.2. The van der Waals surface area contributed by atoms with Gasteiger partial charge in [-0.15, -0.1) is 0 Å². The van der Waals surface area contributed by atoms with Crippen molar-refractivity contribution in [3.8, 4) is 22.3 Å². The van der Waals surface area contributed by atoms with Gasteiger partial charge in [0.1, 0.15) is 44.7 Å². The largest absolute Gasteiger partial charge is 0.456 e. The van der Waals surface area contributed by atoms with Crippen molar-refractivity contribution in [2.75, 3.05) is 9.80 Å². The molecule has 11 aromatic carbocycles. The average molecular weight is 925 g/mol. The van der Waals surface area contributed by atoms with E-state index in [4.69, 9.17) is 17.7 Å². The topological polar surface area (TPSA) is 59.0 Å². The fourth-order valence-electron chi connectivity index (χ4n) is 10.8. The number of anilines is 6. The number of hydrogen-bond donors (Lipinski definition) is 0. The maximum absolute atomic E-state index is 6.54. The number of furan rings is 4. The minimum atomic E-state index is 0.814. The van der Waals surface area contributed by atoms with Gasteiger partial charge in [0.2, 0.25) is 0 Å². The Labute approximate surface area is 412 Å². The van der Waals surface area contributed by atoms with Crippen LogP contribution in [0.1, 0.15) is 0 Å². The van der Waals surface area contributed by atoms with Crippen molar-refractivity contribution in [2.45, 2.75) is 0 Å². The summed E-state index contributed by atoms with van der Waals surface area (Å²) < 4.78 is 25.8. The Morgan fingerprint density at radius 2 is 0.583 bits per heavy atom. The van der Waals surface area contributed by atoms with Crippen LogP contribution in [0, 0.1) is 0 Å². The van der Waals surface area contributed by atoms with Gasteiger partial charge in [0.15, 0.2) is 0 Å². The molecule has 0 saturated heterocycles. The smallest absolute Gasteiger partial charge is 0.137 e. The molecule has 0 fully saturated rings. The third kappa shape index (κ3) is 6.43. The van der Waals surface area contributed by atoms with Crippen molar-refractivity contribution >= 4 is 122 Å². The lowest BCUT2D eigenvalue weighted by molar-refractivity contribution is 0.668. The SMILES string of the molecule is c1ccc(N(c2ccc3c(c2)oc2ccccc23)c2ccc(N(c3ccc4c(c3)oc3ccccc34)c3ccc4c(c3)oc3ccccc34)cc2-c2ccc(-c3ccc4oc5ccccc5c4c3)cc2)cc1. The van der Waals surface area contributed by atoms with Gasteiger partial charge in [-0.05, 0) is 120 Å².